The molecule has 0 aliphatic carbocycles. The van der Waals surface area contributed by atoms with E-state index in [2.05, 4.69) is 34.3 Å². The highest BCUT2D eigenvalue weighted by molar-refractivity contribution is 9.10. The van der Waals surface area contributed by atoms with Gasteiger partial charge in [0.15, 0.2) is 6.29 Å². The molecule has 0 aliphatic rings. The van der Waals surface area contributed by atoms with Gasteiger partial charge in [-0.05, 0) is 47.5 Å². The molecule has 0 unspecified atom stereocenters. The molecule has 0 atom stereocenters. The Morgan fingerprint density at radius 1 is 1.33 bits per heavy atom. The lowest BCUT2D eigenvalue weighted by atomic mass is 10.1. The fourth-order valence-electron chi connectivity index (χ4n) is 2.00. The Hall–Kier alpha value is -1.09. The minimum absolute atomic E-state index is 0.759. The molecule has 0 saturated heterocycles. The zero-order valence-electron chi connectivity index (χ0n) is 8.97. The Labute approximate surface area is 97.0 Å². The molecular weight excluding hydrogens is 254 g/mol. The number of aryl methyl sites for hydroxylation is 2. The number of carbonyl (C=O) groups is 1. The monoisotopic (exact) mass is 265 g/mol. The summed E-state index contributed by atoms with van der Waals surface area (Å²) in [4.78, 5) is 11.0. The summed E-state index contributed by atoms with van der Waals surface area (Å²) < 4.78 is 3.14. The predicted octanol–water partition coefficient (Wildman–Crippen LogP) is 3.37. The fraction of sp³-hybridized carbons (Fsp3) is 0.250. The van der Waals surface area contributed by atoms with Crippen molar-refractivity contribution in [3.05, 3.63) is 33.4 Å². The van der Waals surface area contributed by atoms with Crippen LogP contribution in [0.2, 0.25) is 0 Å². The predicted molar refractivity (Wildman–Crippen MR) is 65.5 cm³/mol. The molecule has 3 heteroatoms. The van der Waals surface area contributed by atoms with Gasteiger partial charge in [0.25, 0.3) is 0 Å². The van der Waals surface area contributed by atoms with Gasteiger partial charge < -0.3 is 4.57 Å². The summed E-state index contributed by atoms with van der Waals surface area (Å²) in [5.74, 6) is 0. The van der Waals surface area contributed by atoms with Crippen molar-refractivity contribution in [3.63, 3.8) is 0 Å². The van der Waals surface area contributed by atoms with Crippen LogP contribution in [0.4, 0.5) is 0 Å². The van der Waals surface area contributed by atoms with Crippen LogP contribution in [0.5, 0.6) is 0 Å². The van der Waals surface area contributed by atoms with Crippen molar-refractivity contribution in [2.75, 3.05) is 0 Å². The van der Waals surface area contributed by atoms with Crippen LogP contribution in [0.1, 0.15) is 21.6 Å². The van der Waals surface area contributed by atoms with Crippen LogP contribution in [0.15, 0.2) is 16.6 Å². The van der Waals surface area contributed by atoms with Gasteiger partial charge in [-0.1, -0.05) is 0 Å². The van der Waals surface area contributed by atoms with Gasteiger partial charge in [0.05, 0.1) is 5.52 Å². The van der Waals surface area contributed by atoms with Crippen LogP contribution in [-0.4, -0.2) is 10.9 Å². The van der Waals surface area contributed by atoms with Crippen molar-refractivity contribution in [1.29, 1.82) is 0 Å². The molecule has 0 N–H and O–H groups in total. The molecule has 0 amide bonds. The summed E-state index contributed by atoms with van der Waals surface area (Å²) in [6, 6.07) is 3.77. The largest absolute Gasteiger partial charge is 0.347 e. The van der Waals surface area contributed by atoms with Crippen molar-refractivity contribution in [1.82, 2.24) is 4.57 Å². The minimum Gasteiger partial charge on any atom is -0.347 e. The average molecular weight is 266 g/mol. The number of aromatic nitrogens is 1. The van der Waals surface area contributed by atoms with Gasteiger partial charge in [-0.3, -0.25) is 4.79 Å². The first-order valence-corrected chi connectivity index (χ1v) is 5.56. The molecule has 1 aromatic heterocycles. The molecule has 2 aromatic rings. The van der Waals surface area contributed by atoms with Gasteiger partial charge in [0.1, 0.15) is 0 Å². The van der Waals surface area contributed by atoms with E-state index in [0.29, 0.717) is 0 Å². The zero-order valence-corrected chi connectivity index (χ0v) is 10.6. The van der Waals surface area contributed by atoms with E-state index in [0.717, 1.165) is 27.2 Å². The number of carbonyl (C=O) groups excluding carboxylic acids is 1. The number of halogens is 1. The minimum atomic E-state index is 0.759. The summed E-state index contributed by atoms with van der Waals surface area (Å²) in [5, 5.41) is 1.05. The molecule has 1 heterocycles. The van der Waals surface area contributed by atoms with Crippen molar-refractivity contribution in [2.45, 2.75) is 13.8 Å². The maximum absolute atomic E-state index is 11.0. The van der Waals surface area contributed by atoms with E-state index in [1.165, 1.54) is 11.3 Å². The van der Waals surface area contributed by atoms with Gasteiger partial charge in [-0.2, -0.15) is 0 Å². The number of fused-ring (bicyclic) bond motifs is 1. The van der Waals surface area contributed by atoms with Crippen LogP contribution >= 0.6 is 15.9 Å². The maximum Gasteiger partial charge on any atom is 0.150 e. The molecule has 2 rings (SSSR count). The highest BCUT2D eigenvalue weighted by Crippen LogP contribution is 2.32. The third-order valence-electron chi connectivity index (χ3n) is 3.04. The molecular formula is C12H12BrNO. The van der Waals surface area contributed by atoms with Crippen LogP contribution in [-0.2, 0) is 7.05 Å². The average Bonchev–Trinajstić information content (AvgIpc) is 2.46. The topological polar surface area (TPSA) is 22.0 Å². The van der Waals surface area contributed by atoms with Gasteiger partial charge in [-0.15, -0.1) is 0 Å². The van der Waals surface area contributed by atoms with Gasteiger partial charge in [0, 0.05) is 28.2 Å². The van der Waals surface area contributed by atoms with E-state index in [1.807, 2.05) is 19.2 Å². The Morgan fingerprint density at radius 3 is 2.60 bits per heavy atom. The summed E-state index contributed by atoms with van der Waals surface area (Å²) >= 11 is 3.52. The first-order chi connectivity index (χ1) is 7.07. The van der Waals surface area contributed by atoms with Crippen molar-refractivity contribution < 1.29 is 4.79 Å². The quantitative estimate of drug-likeness (QED) is 0.725. The SMILES string of the molecule is Cc1c(C)n(C)c2c(Br)ccc(C=O)c12. The summed E-state index contributed by atoms with van der Waals surface area (Å²) in [7, 11) is 2.02. The van der Waals surface area contributed by atoms with E-state index >= 15 is 0 Å². The smallest absolute Gasteiger partial charge is 0.150 e. The lowest BCUT2D eigenvalue weighted by Crippen LogP contribution is -1.91. The van der Waals surface area contributed by atoms with Gasteiger partial charge in [-0.25, -0.2) is 0 Å². The zero-order chi connectivity index (χ0) is 11.2. The molecule has 0 saturated carbocycles. The standard InChI is InChI=1S/C12H12BrNO/c1-7-8(2)14(3)12-10(13)5-4-9(6-15)11(7)12/h4-6H,1-3H3. The lowest BCUT2D eigenvalue weighted by Gasteiger charge is -2.02. The molecule has 0 bridgehead atoms. The summed E-state index contributed by atoms with van der Waals surface area (Å²) in [5.41, 5.74) is 4.22. The first-order valence-electron chi connectivity index (χ1n) is 4.77. The maximum atomic E-state index is 11.0. The van der Waals surface area contributed by atoms with Crippen LogP contribution in [0, 0.1) is 13.8 Å². The summed E-state index contributed by atoms with van der Waals surface area (Å²) in [6.45, 7) is 4.12. The number of hydrogen-bond donors (Lipinski definition) is 0. The highest BCUT2D eigenvalue weighted by Gasteiger charge is 2.13. The number of nitrogens with zero attached hydrogens (tertiary/aromatic N) is 1. The third kappa shape index (κ3) is 1.34. The number of hydrogen-bond acceptors (Lipinski definition) is 1. The molecule has 78 valence electrons. The van der Waals surface area contributed by atoms with E-state index < -0.39 is 0 Å². The van der Waals surface area contributed by atoms with E-state index in [1.54, 1.807) is 0 Å². The molecule has 0 spiro atoms. The normalized spacial score (nSPS) is 10.9. The second-order valence-corrected chi connectivity index (χ2v) is 4.60. The number of rotatable bonds is 1. The van der Waals surface area contributed by atoms with Crippen LogP contribution in [0.25, 0.3) is 10.9 Å². The Morgan fingerprint density at radius 2 is 2.00 bits per heavy atom. The Kier molecular flexibility index (Phi) is 2.43. The Balaban J connectivity index is 3.07. The molecule has 15 heavy (non-hydrogen) atoms. The van der Waals surface area contributed by atoms with E-state index in [4.69, 9.17) is 0 Å². The van der Waals surface area contributed by atoms with E-state index in [-0.39, 0.29) is 0 Å². The molecule has 0 fully saturated rings. The molecule has 2 nitrogen and oxygen atoms in total. The van der Waals surface area contributed by atoms with Crippen LogP contribution in [0.3, 0.4) is 0 Å². The van der Waals surface area contributed by atoms with Crippen LogP contribution < -0.4 is 0 Å². The third-order valence-corrected chi connectivity index (χ3v) is 3.68. The van der Waals surface area contributed by atoms with E-state index in [9.17, 15) is 4.79 Å². The number of benzene rings is 1. The van der Waals surface area contributed by atoms with Crippen molar-refractivity contribution in [2.24, 2.45) is 7.05 Å². The second kappa shape index (κ2) is 3.49. The number of aldehydes is 1. The summed E-state index contributed by atoms with van der Waals surface area (Å²) in [6.07, 6.45) is 0.918. The lowest BCUT2D eigenvalue weighted by molar-refractivity contribution is 0.112. The van der Waals surface area contributed by atoms with Gasteiger partial charge >= 0.3 is 0 Å². The Bertz CT molecular complexity index is 554. The van der Waals surface area contributed by atoms with Crippen molar-refractivity contribution >= 4 is 33.1 Å². The molecule has 0 aliphatic heterocycles. The van der Waals surface area contributed by atoms with Crippen molar-refractivity contribution in [3.8, 4) is 0 Å². The van der Waals surface area contributed by atoms with Gasteiger partial charge in [0.2, 0.25) is 0 Å². The molecule has 1 aromatic carbocycles. The molecule has 0 radical (unpaired) electrons. The second-order valence-electron chi connectivity index (χ2n) is 3.75. The first kappa shape index (κ1) is 10.4. The fourth-order valence-corrected chi connectivity index (χ4v) is 2.60. The highest BCUT2D eigenvalue weighted by atomic mass is 79.9.